The first-order valence-electron chi connectivity index (χ1n) is 9.46. The predicted molar refractivity (Wildman–Crippen MR) is 93.4 cm³/mol. The molecule has 3 fully saturated rings. The van der Waals surface area contributed by atoms with E-state index in [1.165, 1.54) is 25.7 Å². The Hall–Kier alpha value is -1.32. The van der Waals surface area contributed by atoms with Crippen LogP contribution in [-0.4, -0.2) is 24.6 Å². The van der Waals surface area contributed by atoms with E-state index in [-0.39, 0.29) is 18.0 Å². The van der Waals surface area contributed by atoms with E-state index < -0.39 is 12.1 Å². The Balaban J connectivity index is 1.82. The first kappa shape index (κ1) is 19.0. The molecule has 0 aromatic carbocycles. The predicted octanol–water partition coefficient (Wildman–Crippen LogP) is 4.57. The maximum Gasteiger partial charge on any atom is 0.330 e. The number of hydrogen-bond acceptors (Lipinski definition) is 4. The van der Waals surface area contributed by atoms with E-state index >= 15 is 0 Å². The lowest BCUT2D eigenvalue weighted by atomic mass is 9.52. The summed E-state index contributed by atoms with van der Waals surface area (Å²) < 4.78 is 10.5. The van der Waals surface area contributed by atoms with Gasteiger partial charge in [0.15, 0.2) is 0 Å². The molecule has 1 atom stereocenters. The summed E-state index contributed by atoms with van der Waals surface area (Å²) in [6, 6.07) is 0. The second-order valence-electron chi connectivity index (χ2n) is 7.79. The monoisotopic (exact) mass is 336 g/mol. The van der Waals surface area contributed by atoms with Gasteiger partial charge in [0, 0.05) is 6.08 Å². The van der Waals surface area contributed by atoms with Crippen molar-refractivity contribution in [2.75, 3.05) is 6.61 Å². The van der Waals surface area contributed by atoms with Gasteiger partial charge in [-0.2, -0.15) is 0 Å². The number of ether oxygens (including phenoxy) is 2. The molecule has 24 heavy (non-hydrogen) atoms. The quantitative estimate of drug-likeness (QED) is 0.352. The fourth-order valence-electron chi connectivity index (χ4n) is 4.29. The van der Waals surface area contributed by atoms with E-state index in [0.717, 1.165) is 44.6 Å². The molecule has 0 spiro atoms. The SMILES string of the molecule is C=CC(=O)OCC(C)OC(=O)C12CCC(CCCCC)(CC1)CC2. The highest BCUT2D eigenvalue weighted by molar-refractivity contribution is 5.81. The van der Waals surface area contributed by atoms with Crippen LogP contribution in [0.2, 0.25) is 0 Å². The number of esters is 2. The van der Waals surface area contributed by atoms with Crippen LogP contribution in [-0.2, 0) is 19.1 Å². The lowest BCUT2D eigenvalue weighted by molar-refractivity contribution is -0.175. The molecule has 136 valence electrons. The molecular formula is C20H32O4. The zero-order chi connectivity index (χ0) is 17.6. The lowest BCUT2D eigenvalue weighted by Crippen LogP contribution is -2.47. The molecule has 3 aliphatic carbocycles. The van der Waals surface area contributed by atoms with Crippen LogP contribution in [0, 0.1) is 10.8 Å². The van der Waals surface area contributed by atoms with Gasteiger partial charge in [-0.3, -0.25) is 4.79 Å². The van der Waals surface area contributed by atoms with Crippen molar-refractivity contribution in [2.45, 2.75) is 84.2 Å². The van der Waals surface area contributed by atoms with E-state index in [9.17, 15) is 9.59 Å². The Morgan fingerprint density at radius 3 is 2.29 bits per heavy atom. The second-order valence-corrected chi connectivity index (χ2v) is 7.79. The molecule has 0 amide bonds. The van der Waals surface area contributed by atoms with Gasteiger partial charge in [-0.25, -0.2) is 4.79 Å². The largest absolute Gasteiger partial charge is 0.459 e. The first-order chi connectivity index (χ1) is 11.5. The second kappa shape index (κ2) is 8.17. The Labute approximate surface area is 146 Å². The van der Waals surface area contributed by atoms with Gasteiger partial charge in [-0.15, -0.1) is 0 Å². The standard InChI is InChI=1S/C20H32O4/c1-4-6-7-8-19-9-12-20(13-10-19,14-11-19)18(22)24-16(3)15-23-17(21)5-2/h5,16H,2,4,6-15H2,1,3H3. The van der Waals surface area contributed by atoms with Gasteiger partial charge in [0.2, 0.25) is 0 Å². The molecule has 0 aromatic heterocycles. The number of carbonyl (C=O) groups excluding carboxylic acids is 2. The number of carbonyl (C=O) groups is 2. The molecule has 3 rings (SSSR count). The van der Waals surface area contributed by atoms with Gasteiger partial charge in [0.05, 0.1) is 5.41 Å². The van der Waals surface area contributed by atoms with Crippen LogP contribution in [0.3, 0.4) is 0 Å². The molecule has 0 radical (unpaired) electrons. The van der Waals surface area contributed by atoms with Crippen LogP contribution < -0.4 is 0 Å². The van der Waals surface area contributed by atoms with Gasteiger partial charge in [0.25, 0.3) is 0 Å². The number of hydrogen-bond donors (Lipinski definition) is 0. The molecule has 0 heterocycles. The average Bonchev–Trinajstić information content (AvgIpc) is 2.61. The van der Waals surface area contributed by atoms with Crippen LogP contribution in [0.15, 0.2) is 12.7 Å². The van der Waals surface area contributed by atoms with Crippen molar-refractivity contribution >= 4 is 11.9 Å². The normalized spacial score (nSPS) is 29.8. The van der Waals surface area contributed by atoms with Crippen molar-refractivity contribution in [3.05, 3.63) is 12.7 Å². The summed E-state index contributed by atoms with van der Waals surface area (Å²) in [5.74, 6) is -0.574. The molecule has 4 nitrogen and oxygen atoms in total. The molecule has 4 heteroatoms. The number of fused-ring (bicyclic) bond motifs is 3. The molecule has 2 bridgehead atoms. The number of rotatable bonds is 9. The van der Waals surface area contributed by atoms with Crippen molar-refractivity contribution in [2.24, 2.45) is 10.8 Å². The molecule has 0 N–H and O–H groups in total. The highest BCUT2D eigenvalue weighted by Crippen LogP contribution is 2.59. The fourth-order valence-corrected chi connectivity index (χ4v) is 4.29. The summed E-state index contributed by atoms with van der Waals surface area (Å²) in [6.45, 7) is 7.46. The van der Waals surface area contributed by atoms with E-state index in [4.69, 9.17) is 9.47 Å². The van der Waals surface area contributed by atoms with Crippen LogP contribution in [0.1, 0.15) is 78.1 Å². The Bertz CT molecular complexity index is 444. The average molecular weight is 336 g/mol. The third-order valence-corrected chi connectivity index (χ3v) is 6.08. The zero-order valence-corrected chi connectivity index (χ0v) is 15.3. The van der Waals surface area contributed by atoms with Crippen LogP contribution in [0.25, 0.3) is 0 Å². The van der Waals surface area contributed by atoms with Crippen molar-refractivity contribution in [1.82, 2.24) is 0 Å². The minimum atomic E-state index is -0.483. The first-order valence-corrected chi connectivity index (χ1v) is 9.46. The van der Waals surface area contributed by atoms with Crippen molar-refractivity contribution in [1.29, 1.82) is 0 Å². The Morgan fingerprint density at radius 1 is 1.12 bits per heavy atom. The van der Waals surface area contributed by atoms with Crippen LogP contribution in [0.4, 0.5) is 0 Å². The molecular weight excluding hydrogens is 304 g/mol. The van der Waals surface area contributed by atoms with E-state index in [1.54, 1.807) is 6.92 Å². The van der Waals surface area contributed by atoms with E-state index in [2.05, 4.69) is 13.5 Å². The topological polar surface area (TPSA) is 52.6 Å². The summed E-state index contributed by atoms with van der Waals surface area (Å²) in [4.78, 5) is 23.8. The summed E-state index contributed by atoms with van der Waals surface area (Å²) in [6.07, 6.45) is 12.3. The van der Waals surface area contributed by atoms with Gasteiger partial charge < -0.3 is 9.47 Å². The van der Waals surface area contributed by atoms with Crippen molar-refractivity contribution < 1.29 is 19.1 Å². The third kappa shape index (κ3) is 4.40. The van der Waals surface area contributed by atoms with Gasteiger partial charge >= 0.3 is 11.9 Å². The maximum atomic E-state index is 12.7. The minimum Gasteiger partial charge on any atom is -0.459 e. The summed E-state index contributed by atoms with van der Waals surface area (Å²) in [5, 5.41) is 0. The molecule has 3 aliphatic rings. The summed E-state index contributed by atoms with van der Waals surface area (Å²) in [5.41, 5.74) is 0.200. The fraction of sp³-hybridized carbons (Fsp3) is 0.800. The summed E-state index contributed by atoms with van der Waals surface area (Å²) in [7, 11) is 0. The van der Waals surface area contributed by atoms with E-state index in [1.807, 2.05) is 0 Å². The molecule has 0 aliphatic heterocycles. The molecule has 1 unspecified atom stereocenters. The third-order valence-electron chi connectivity index (χ3n) is 6.08. The zero-order valence-electron chi connectivity index (χ0n) is 15.3. The highest BCUT2D eigenvalue weighted by Gasteiger charge is 2.52. The van der Waals surface area contributed by atoms with Crippen LogP contribution in [0.5, 0.6) is 0 Å². The van der Waals surface area contributed by atoms with Gasteiger partial charge in [0.1, 0.15) is 12.7 Å². The van der Waals surface area contributed by atoms with Crippen molar-refractivity contribution in [3.8, 4) is 0 Å². The molecule has 3 saturated carbocycles. The lowest BCUT2D eigenvalue weighted by Gasteiger charge is -2.52. The minimum absolute atomic E-state index is 0.0909. The van der Waals surface area contributed by atoms with Crippen molar-refractivity contribution in [3.63, 3.8) is 0 Å². The smallest absolute Gasteiger partial charge is 0.330 e. The Morgan fingerprint density at radius 2 is 1.75 bits per heavy atom. The van der Waals surface area contributed by atoms with E-state index in [0.29, 0.717) is 5.41 Å². The maximum absolute atomic E-state index is 12.7. The van der Waals surface area contributed by atoms with Crippen LogP contribution >= 0.6 is 0 Å². The molecule has 0 saturated heterocycles. The Kier molecular flexibility index (Phi) is 6.47. The van der Waals surface area contributed by atoms with Gasteiger partial charge in [-0.1, -0.05) is 32.8 Å². The summed E-state index contributed by atoms with van der Waals surface area (Å²) >= 11 is 0. The van der Waals surface area contributed by atoms with Gasteiger partial charge in [-0.05, 0) is 57.3 Å². The number of unbranched alkanes of at least 4 members (excludes halogenated alkanes) is 2. The highest BCUT2D eigenvalue weighted by atomic mass is 16.6. The molecule has 0 aromatic rings.